The zero-order valence-corrected chi connectivity index (χ0v) is 13.2. The fourth-order valence-electron chi connectivity index (χ4n) is 2.93. The van der Waals surface area contributed by atoms with Gasteiger partial charge in [0.1, 0.15) is 0 Å². The minimum absolute atomic E-state index is 0.0102. The van der Waals surface area contributed by atoms with E-state index in [4.69, 9.17) is 0 Å². The minimum Gasteiger partial charge on any atom is -0.307 e. The van der Waals surface area contributed by atoms with E-state index in [2.05, 4.69) is 6.58 Å². The van der Waals surface area contributed by atoms with Crippen LogP contribution in [0.5, 0.6) is 0 Å². The Morgan fingerprint density at radius 3 is 2.70 bits per heavy atom. The van der Waals surface area contributed by atoms with Crippen molar-refractivity contribution in [1.82, 2.24) is 0 Å². The molecule has 0 N–H and O–H groups in total. The molecule has 0 aliphatic carbocycles. The summed E-state index contributed by atoms with van der Waals surface area (Å²) in [5, 5.41) is 0. The van der Waals surface area contributed by atoms with Crippen LogP contribution in [0.1, 0.15) is 39.9 Å². The van der Waals surface area contributed by atoms with E-state index in [1.165, 1.54) is 0 Å². The number of anilines is 1. The van der Waals surface area contributed by atoms with Gasteiger partial charge in [0.05, 0.1) is 12.2 Å². The molecule has 1 aliphatic heterocycles. The van der Waals surface area contributed by atoms with Gasteiger partial charge in [-0.3, -0.25) is 9.59 Å². The van der Waals surface area contributed by atoms with Crippen molar-refractivity contribution in [2.24, 2.45) is 0 Å². The second-order valence-electron chi connectivity index (χ2n) is 5.82. The maximum Gasteiger partial charge on any atom is 0.227 e. The Kier molecular flexibility index (Phi) is 4.11. The van der Waals surface area contributed by atoms with Crippen molar-refractivity contribution in [3.63, 3.8) is 0 Å². The zero-order valence-electron chi connectivity index (χ0n) is 13.2. The fourth-order valence-corrected chi connectivity index (χ4v) is 2.93. The van der Waals surface area contributed by atoms with E-state index in [0.29, 0.717) is 17.8 Å². The smallest absolute Gasteiger partial charge is 0.227 e. The second-order valence-corrected chi connectivity index (χ2v) is 5.82. The molecule has 2 aromatic rings. The van der Waals surface area contributed by atoms with Crippen molar-refractivity contribution in [3.05, 3.63) is 71.3 Å². The molecule has 3 rings (SSSR count). The van der Waals surface area contributed by atoms with Gasteiger partial charge in [-0.05, 0) is 41.8 Å². The lowest BCUT2D eigenvalue weighted by Gasteiger charge is -2.23. The molecule has 116 valence electrons. The first-order valence-electron chi connectivity index (χ1n) is 7.74. The molecular formula is C20H19NO2. The second kappa shape index (κ2) is 6.21. The summed E-state index contributed by atoms with van der Waals surface area (Å²) >= 11 is 0. The summed E-state index contributed by atoms with van der Waals surface area (Å²) in [6.45, 7) is 6.33. The molecule has 0 aromatic heterocycles. The predicted octanol–water partition coefficient (Wildman–Crippen LogP) is 4.15. The molecule has 0 radical (unpaired) electrons. The van der Waals surface area contributed by atoms with E-state index in [1.54, 1.807) is 11.0 Å². The summed E-state index contributed by atoms with van der Waals surface area (Å²) in [6, 6.07) is 13.4. The first-order valence-corrected chi connectivity index (χ1v) is 7.74. The first kappa shape index (κ1) is 15.2. The van der Waals surface area contributed by atoms with Gasteiger partial charge in [0.25, 0.3) is 0 Å². The highest BCUT2D eigenvalue weighted by Gasteiger charge is 2.26. The van der Waals surface area contributed by atoms with Crippen LogP contribution in [0.3, 0.4) is 0 Å². The molecule has 3 heteroatoms. The first-order chi connectivity index (χ1) is 11.1. The van der Waals surface area contributed by atoms with Crippen LogP contribution < -0.4 is 4.90 Å². The van der Waals surface area contributed by atoms with Crippen molar-refractivity contribution < 1.29 is 9.59 Å². The third-order valence-electron chi connectivity index (χ3n) is 4.27. The maximum atomic E-state index is 12.5. The van der Waals surface area contributed by atoms with Crippen LogP contribution in [0.15, 0.2) is 49.0 Å². The van der Waals surface area contributed by atoms with E-state index in [1.807, 2.05) is 49.4 Å². The number of benzene rings is 2. The Morgan fingerprint density at radius 1 is 1.13 bits per heavy atom. The van der Waals surface area contributed by atoms with Crippen LogP contribution >= 0.6 is 0 Å². The van der Waals surface area contributed by atoms with Gasteiger partial charge in [-0.25, -0.2) is 0 Å². The van der Waals surface area contributed by atoms with Crippen molar-refractivity contribution >= 4 is 23.5 Å². The number of fused-ring (bicyclic) bond motifs is 1. The molecule has 1 aliphatic rings. The van der Waals surface area contributed by atoms with E-state index in [0.717, 1.165) is 16.7 Å². The number of aryl methyl sites for hydroxylation is 1. The molecular weight excluding hydrogens is 286 g/mol. The van der Waals surface area contributed by atoms with E-state index in [-0.39, 0.29) is 24.5 Å². The summed E-state index contributed by atoms with van der Waals surface area (Å²) in [6.07, 6.45) is 2.35. The third-order valence-corrected chi connectivity index (χ3v) is 4.27. The molecule has 1 amide bonds. The Morgan fingerprint density at radius 2 is 1.91 bits per heavy atom. The Bertz CT molecular complexity index is 792. The summed E-state index contributed by atoms with van der Waals surface area (Å²) < 4.78 is 0. The van der Waals surface area contributed by atoms with Gasteiger partial charge in [-0.15, -0.1) is 0 Å². The number of para-hydroxylation sites is 1. The monoisotopic (exact) mass is 305 g/mol. The molecule has 0 bridgehead atoms. The fraction of sp³-hybridized carbons (Fsp3) is 0.200. The van der Waals surface area contributed by atoms with Crippen LogP contribution in [0.25, 0.3) is 6.08 Å². The van der Waals surface area contributed by atoms with Crippen molar-refractivity contribution in [1.29, 1.82) is 0 Å². The van der Waals surface area contributed by atoms with Gasteiger partial charge in [0.15, 0.2) is 5.78 Å². The average molecular weight is 305 g/mol. The number of carbonyl (C=O) groups excluding carboxylic acids is 2. The lowest BCUT2D eigenvalue weighted by molar-refractivity contribution is -0.118. The normalized spacial score (nSPS) is 14.4. The molecule has 0 unspecified atom stereocenters. The predicted molar refractivity (Wildman–Crippen MR) is 92.5 cm³/mol. The SMILES string of the molecule is C=Cc1cc(CN2C(=O)CCC(=O)c3ccccc32)ccc1C. The molecule has 3 nitrogen and oxygen atoms in total. The summed E-state index contributed by atoms with van der Waals surface area (Å²) in [5.74, 6) is 0.0242. The van der Waals surface area contributed by atoms with E-state index >= 15 is 0 Å². The number of hydrogen-bond donors (Lipinski definition) is 0. The van der Waals surface area contributed by atoms with Gasteiger partial charge < -0.3 is 4.90 Å². The maximum absolute atomic E-state index is 12.5. The van der Waals surface area contributed by atoms with Gasteiger partial charge in [-0.1, -0.05) is 36.9 Å². The van der Waals surface area contributed by atoms with Crippen molar-refractivity contribution in [2.75, 3.05) is 4.90 Å². The highest BCUT2D eigenvalue weighted by atomic mass is 16.2. The van der Waals surface area contributed by atoms with Crippen molar-refractivity contribution in [3.8, 4) is 0 Å². The molecule has 0 saturated carbocycles. The van der Waals surface area contributed by atoms with E-state index < -0.39 is 0 Å². The molecule has 0 atom stereocenters. The van der Waals surface area contributed by atoms with Crippen LogP contribution in [0, 0.1) is 6.92 Å². The summed E-state index contributed by atoms with van der Waals surface area (Å²) in [4.78, 5) is 26.4. The quantitative estimate of drug-likeness (QED) is 0.854. The highest BCUT2D eigenvalue weighted by molar-refractivity contribution is 6.09. The van der Waals surface area contributed by atoms with Crippen LogP contribution in [-0.2, 0) is 11.3 Å². The molecule has 0 saturated heterocycles. The number of hydrogen-bond acceptors (Lipinski definition) is 2. The molecule has 1 heterocycles. The third kappa shape index (κ3) is 2.95. The number of ketones is 1. The topological polar surface area (TPSA) is 37.4 Å². The number of rotatable bonds is 3. The van der Waals surface area contributed by atoms with Gasteiger partial charge in [0.2, 0.25) is 5.91 Å². The van der Waals surface area contributed by atoms with Crippen molar-refractivity contribution in [2.45, 2.75) is 26.3 Å². The molecule has 2 aromatic carbocycles. The number of Topliss-reactive ketones (excluding diaryl/α,β-unsaturated/α-hetero) is 1. The van der Waals surface area contributed by atoms with Gasteiger partial charge in [0, 0.05) is 18.4 Å². The van der Waals surface area contributed by atoms with Gasteiger partial charge >= 0.3 is 0 Å². The molecule has 23 heavy (non-hydrogen) atoms. The standard InChI is InChI=1S/C20H19NO2/c1-3-16-12-15(9-8-14(16)2)13-21-18-7-5-4-6-17(18)19(22)10-11-20(21)23/h3-9,12H,1,10-11,13H2,2H3. The van der Waals surface area contributed by atoms with Gasteiger partial charge in [-0.2, -0.15) is 0 Å². The highest BCUT2D eigenvalue weighted by Crippen LogP contribution is 2.28. The summed E-state index contributed by atoms with van der Waals surface area (Å²) in [7, 11) is 0. The number of amides is 1. The largest absolute Gasteiger partial charge is 0.307 e. The Labute approximate surface area is 136 Å². The van der Waals surface area contributed by atoms with E-state index in [9.17, 15) is 9.59 Å². The Hall–Kier alpha value is -2.68. The zero-order chi connectivity index (χ0) is 16.4. The summed E-state index contributed by atoms with van der Waals surface area (Å²) in [5.41, 5.74) is 4.59. The molecule has 0 spiro atoms. The minimum atomic E-state index is -0.0102. The van der Waals surface area contributed by atoms with Crippen LogP contribution in [0.2, 0.25) is 0 Å². The lowest BCUT2D eigenvalue weighted by atomic mass is 10.0. The van der Waals surface area contributed by atoms with Crippen LogP contribution in [-0.4, -0.2) is 11.7 Å². The molecule has 0 fully saturated rings. The lowest BCUT2D eigenvalue weighted by Crippen LogP contribution is -2.29. The number of carbonyl (C=O) groups is 2. The van der Waals surface area contributed by atoms with Crippen LogP contribution in [0.4, 0.5) is 5.69 Å². The average Bonchev–Trinajstić information content (AvgIpc) is 2.69. The number of nitrogens with zero attached hydrogens (tertiary/aromatic N) is 1. The Balaban J connectivity index is 2.01.